The van der Waals surface area contributed by atoms with Crippen LogP contribution in [0.5, 0.6) is 0 Å². The van der Waals surface area contributed by atoms with Gasteiger partial charge in [-0.15, -0.1) is 11.6 Å². The quantitative estimate of drug-likeness (QED) is 0.596. The van der Waals surface area contributed by atoms with E-state index < -0.39 is 5.38 Å². The number of aryl methyl sites for hydroxylation is 2. The van der Waals surface area contributed by atoms with Gasteiger partial charge in [-0.3, -0.25) is 4.79 Å². The van der Waals surface area contributed by atoms with E-state index in [-0.39, 0.29) is 11.6 Å². The lowest BCUT2D eigenvalue weighted by atomic mass is 10.1. The first-order chi connectivity index (χ1) is 9.90. The Morgan fingerprint density at radius 1 is 1.33 bits per heavy atom. The van der Waals surface area contributed by atoms with E-state index in [9.17, 15) is 9.18 Å². The highest BCUT2D eigenvalue weighted by Gasteiger charge is 2.19. The van der Waals surface area contributed by atoms with Gasteiger partial charge in [0.25, 0.3) is 0 Å². The van der Waals surface area contributed by atoms with Crippen LogP contribution in [-0.2, 0) is 13.0 Å². The molecule has 0 radical (unpaired) electrons. The van der Waals surface area contributed by atoms with E-state index >= 15 is 0 Å². The second-order valence-corrected chi connectivity index (χ2v) is 5.95. The highest BCUT2D eigenvalue weighted by atomic mass is 35.5. The van der Waals surface area contributed by atoms with Crippen molar-refractivity contribution in [1.29, 1.82) is 0 Å². The Kier molecular flexibility index (Phi) is 4.84. The van der Waals surface area contributed by atoms with Crippen LogP contribution in [0.25, 0.3) is 0 Å². The lowest BCUT2D eigenvalue weighted by Gasteiger charge is -2.10. The van der Waals surface area contributed by atoms with Gasteiger partial charge in [0.15, 0.2) is 5.78 Å². The third-order valence-electron chi connectivity index (χ3n) is 3.71. The maximum Gasteiger partial charge on any atom is 0.182 e. The fraction of sp³-hybridized carbons (Fsp3) is 0.353. The van der Waals surface area contributed by atoms with Crippen molar-refractivity contribution in [2.75, 3.05) is 0 Å². The average Bonchev–Trinajstić information content (AvgIpc) is 2.71. The van der Waals surface area contributed by atoms with Crippen LogP contribution >= 0.6 is 11.6 Å². The van der Waals surface area contributed by atoms with Gasteiger partial charge >= 0.3 is 0 Å². The Morgan fingerprint density at radius 3 is 2.67 bits per heavy atom. The first-order valence-corrected chi connectivity index (χ1v) is 7.43. The first-order valence-electron chi connectivity index (χ1n) is 6.99. The smallest absolute Gasteiger partial charge is 0.182 e. The zero-order chi connectivity index (χ0) is 15.6. The van der Waals surface area contributed by atoms with Crippen molar-refractivity contribution in [3.63, 3.8) is 0 Å². The SMILES string of the molecule is Cc1cc(C(=O)C(C)Cl)c(C)n1CCc1cccc(F)c1. The molecule has 0 fully saturated rings. The number of hydrogen-bond acceptors (Lipinski definition) is 1. The van der Waals surface area contributed by atoms with Crippen molar-refractivity contribution >= 4 is 17.4 Å². The highest BCUT2D eigenvalue weighted by molar-refractivity contribution is 6.33. The molecule has 0 N–H and O–H groups in total. The van der Waals surface area contributed by atoms with E-state index in [1.54, 1.807) is 19.1 Å². The molecule has 1 heterocycles. The standard InChI is InChI=1S/C17H19ClFNO/c1-11-9-16(17(21)12(2)18)13(3)20(11)8-7-14-5-4-6-15(19)10-14/h4-6,9-10,12H,7-8H2,1-3H3. The van der Waals surface area contributed by atoms with Crippen molar-refractivity contribution in [3.05, 3.63) is 58.7 Å². The van der Waals surface area contributed by atoms with Gasteiger partial charge in [-0.1, -0.05) is 12.1 Å². The minimum Gasteiger partial charge on any atom is -0.348 e. The van der Waals surface area contributed by atoms with Crippen LogP contribution in [0.1, 0.15) is 34.2 Å². The molecular weight excluding hydrogens is 289 g/mol. The summed E-state index contributed by atoms with van der Waals surface area (Å²) in [6, 6.07) is 8.48. The van der Waals surface area contributed by atoms with E-state index in [0.717, 1.165) is 23.4 Å². The van der Waals surface area contributed by atoms with Crippen molar-refractivity contribution in [1.82, 2.24) is 4.57 Å². The average molecular weight is 308 g/mol. The molecule has 2 nitrogen and oxygen atoms in total. The summed E-state index contributed by atoms with van der Waals surface area (Å²) in [5.41, 5.74) is 3.56. The number of carbonyl (C=O) groups excluding carboxylic acids is 1. The molecule has 0 spiro atoms. The van der Waals surface area contributed by atoms with E-state index in [1.807, 2.05) is 26.0 Å². The Labute approximate surface area is 129 Å². The zero-order valence-corrected chi connectivity index (χ0v) is 13.2. The minimum absolute atomic E-state index is 0.0539. The summed E-state index contributed by atoms with van der Waals surface area (Å²) >= 11 is 5.89. The van der Waals surface area contributed by atoms with E-state index in [1.165, 1.54) is 6.07 Å². The number of rotatable bonds is 5. The number of hydrogen-bond donors (Lipinski definition) is 0. The van der Waals surface area contributed by atoms with Crippen LogP contribution in [-0.4, -0.2) is 15.7 Å². The second kappa shape index (κ2) is 6.44. The monoisotopic (exact) mass is 307 g/mol. The van der Waals surface area contributed by atoms with Crippen LogP contribution < -0.4 is 0 Å². The van der Waals surface area contributed by atoms with Gasteiger partial charge < -0.3 is 4.57 Å². The number of halogens is 2. The molecule has 0 bridgehead atoms. The van der Waals surface area contributed by atoms with Gasteiger partial charge in [0, 0.05) is 23.5 Å². The van der Waals surface area contributed by atoms with Gasteiger partial charge in [0.1, 0.15) is 5.82 Å². The molecule has 0 amide bonds. The van der Waals surface area contributed by atoms with Crippen molar-refractivity contribution in [2.45, 2.75) is 39.1 Å². The Balaban J connectivity index is 2.19. The fourth-order valence-electron chi connectivity index (χ4n) is 2.54. The van der Waals surface area contributed by atoms with Crippen LogP contribution in [0.4, 0.5) is 4.39 Å². The molecule has 1 aromatic carbocycles. The van der Waals surface area contributed by atoms with Gasteiger partial charge in [-0.25, -0.2) is 4.39 Å². The predicted molar refractivity (Wildman–Crippen MR) is 83.7 cm³/mol. The van der Waals surface area contributed by atoms with Crippen LogP contribution in [0, 0.1) is 19.7 Å². The molecule has 1 atom stereocenters. The molecule has 1 aromatic heterocycles. The van der Waals surface area contributed by atoms with Crippen LogP contribution in [0.3, 0.4) is 0 Å². The Morgan fingerprint density at radius 2 is 2.05 bits per heavy atom. The summed E-state index contributed by atoms with van der Waals surface area (Å²) in [5, 5.41) is -0.526. The molecule has 4 heteroatoms. The summed E-state index contributed by atoms with van der Waals surface area (Å²) in [7, 11) is 0. The number of Topliss-reactive ketones (excluding diaryl/α,β-unsaturated/α-hetero) is 1. The highest BCUT2D eigenvalue weighted by Crippen LogP contribution is 2.19. The summed E-state index contributed by atoms with van der Waals surface area (Å²) in [4.78, 5) is 12.1. The molecular formula is C17H19ClFNO. The normalized spacial score (nSPS) is 12.4. The molecule has 0 aliphatic rings. The van der Waals surface area contributed by atoms with Crippen molar-refractivity contribution in [3.8, 4) is 0 Å². The molecule has 2 rings (SSSR count). The Bertz CT molecular complexity index is 661. The number of carbonyl (C=O) groups is 1. The predicted octanol–water partition coefficient (Wildman–Crippen LogP) is 4.30. The summed E-state index contributed by atoms with van der Waals surface area (Å²) in [5.74, 6) is -0.276. The van der Waals surface area contributed by atoms with Crippen molar-refractivity contribution in [2.24, 2.45) is 0 Å². The molecule has 21 heavy (non-hydrogen) atoms. The van der Waals surface area contributed by atoms with Gasteiger partial charge in [0.2, 0.25) is 0 Å². The molecule has 0 aliphatic heterocycles. The lowest BCUT2D eigenvalue weighted by molar-refractivity contribution is 0.0991. The molecule has 112 valence electrons. The van der Waals surface area contributed by atoms with Crippen molar-refractivity contribution < 1.29 is 9.18 Å². The van der Waals surface area contributed by atoms with Gasteiger partial charge in [0.05, 0.1) is 5.38 Å². The maximum absolute atomic E-state index is 13.2. The van der Waals surface area contributed by atoms with E-state index in [2.05, 4.69) is 4.57 Å². The fourth-order valence-corrected chi connectivity index (χ4v) is 2.66. The summed E-state index contributed by atoms with van der Waals surface area (Å²) < 4.78 is 15.3. The number of nitrogens with zero attached hydrogens (tertiary/aromatic N) is 1. The number of aromatic nitrogens is 1. The molecule has 1 unspecified atom stereocenters. The largest absolute Gasteiger partial charge is 0.348 e. The third kappa shape index (κ3) is 3.53. The summed E-state index contributed by atoms with van der Waals surface area (Å²) in [6.45, 7) is 6.28. The van der Waals surface area contributed by atoms with Crippen LogP contribution in [0.15, 0.2) is 30.3 Å². The van der Waals surface area contributed by atoms with Crippen LogP contribution in [0.2, 0.25) is 0 Å². The third-order valence-corrected chi connectivity index (χ3v) is 3.91. The summed E-state index contributed by atoms with van der Waals surface area (Å²) in [6.07, 6.45) is 0.720. The first kappa shape index (κ1) is 15.8. The van der Waals surface area contributed by atoms with E-state index in [0.29, 0.717) is 12.1 Å². The second-order valence-electron chi connectivity index (χ2n) is 5.30. The van der Waals surface area contributed by atoms with E-state index in [4.69, 9.17) is 11.6 Å². The number of ketones is 1. The minimum atomic E-state index is -0.526. The maximum atomic E-state index is 13.2. The topological polar surface area (TPSA) is 22.0 Å². The number of alkyl halides is 1. The molecule has 0 aliphatic carbocycles. The molecule has 2 aromatic rings. The zero-order valence-electron chi connectivity index (χ0n) is 12.5. The Hall–Kier alpha value is -1.61. The van der Waals surface area contributed by atoms with Gasteiger partial charge in [-0.2, -0.15) is 0 Å². The number of benzene rings is 1. The molecule has 0 saturated heterocycles. The lowest BCUT2D eigenvalue weighted by Crippen LogP contribution is -2.12. The molecule has 0 saturated carbocycles. The van der Waals surface area contributed by atoms with Gasteiger partial charge in [-0.05, 0) is 51.0 Å².